The number of aromatic hydroxyl groups is 1. The van der Waals surface area contributed by atoms with E-state index < -0.39 is 0 Å². The molecule has 0 unspecified atom stereocenters. The van der Waals surface area contributed by atoms with Crippen LogP contribution in [-0.4, -0.2) is 10.9 Å². The standard InChI is InChI=1S/C21H25ClO2/c1-2-3-4-5-6-7-8-16-9-14-20(23)19(15-16)21(24)17-10-12-18(22)13-11-17/h9-15,23H,2-8H2,1H3. The van der Waals surface area contributed by atoms with Gasteiger partial charge in [0.25, 0.3) is 0 Å². The number of halogens is 1. The fraction of sp³-hybridized carbons (Fsp3) is 0.381. The van der Waals surface area contributed by atoms with Crippen LogP contribution >= 0.6 is 11.6 Å². The first-order chi connectivity index (χ1) is 11.6. The molecule has 0 bridgehead atoms. The van der Waals surface area contributed by atoms with Gasteiger partial charge in [-0.2, -0.15) is 0 Å². The van der Waals surface area contributed by atoms with E-state index in [-0.39, 0.29) is 11.5 Å². The summed E-state index contributed by atoms with van der Waals surface area (Å²) in [6.07, 6.45) is 8.39. The fourth-order valence-electron chi connectivity index (χ4n) is 2.79. The first-order valence-electron chi connectivity index (χ1n) is 8.74. The Bertz CT molecular complexity index is 662. The summed E-state index contributed by atoms with van der Waals surface area (Å²) in [5.41, 5.74) is 1.99. The third-order valence-corrected chi connectivity index (χ3v) is 4.48. The molecule has 24 heavy (non-hydrogen) atoms. The fourth-order valence-corrected chi connectivity index (χ4v) is 2.91. The molecule has 0 fully saturated rings. The van der Waals surface area contributed by atoms with Crippen molar-refractivity contribution < 1.29 is 9.90 Å². The summed E-state index contributed by atoms with van der Waals surface area (Å²) in [6.45, 7) is 2.22. The molecule has 0 heterocycles. The van der Waals surface area contributed by atoms with Gasteiger partial charge >= 0.3 is 0 Å². The number of unbranched alkanes of at least 4 members (excludes halogenated alkanes) is 5. The molecule has 0 saturated heterocycles. The summed E-state index contributed by atoms with van der Waals surface area (Å²) < 4.78 is 0. The van der Waals surface area contributed by atoms with Gasteiger partial charge in [-0.3, -0.25) is 4.79 Å². The Balaban J connectivity index is 2.00. The zero-order valence-corrected chi connectivity index (χ0v) is 15.0. The van der Waals surface area contributed by atoms with Gasteiger partial charge in [-0.15, -0.1) is 0 Å². The van der Waals surface area contributed by atoms with Gasteiger partial charge < -0.3 is 5.11 Å². The van der Waals surface area contributed by atoms with Gasteiger partial charge in [-0.05, 0) is 54.8 Å². The maximum absolute atomic E-state index is 12.6. The molecule has 0 radical (unpaired) electrons. The number of phenolic OH excluding ortho intramolecular Hbond substituents is 1. The first kappa shape index (κ1) is 18.5. The lowest BCUT2D eigenvalue weighted by Crippen LogP contribution is -2.02. The molecule has 2 aromatic carbocycles. The largest absolute Gasteiger partial charge is 0.507 e. The number of hydrogen-bond donors (Lipinski definition) is 1. The van der Waals surface area contributed by atoms with E-state index in [2.05, 4.69) is 6.92 Å². The average Bonchev–Trinajstić information content (AvgIpc) is 2.59. The third kappa shape index (κ3) is 5.38. The third-order valence-electron chi connectivity index (χ3n) is 4.23. The van der Waals surface area contributed by atoms with Gasteiger partial charge in [0.05, 0.1) is 5.56 Å². The summed E-state index contributed by atoms with van der Waals surface area (Å²) in [5, 5.41) is 10.6. The van der Waals surface area contributed by atoms with Crippen molar-refractivity contribution >= 4 is 17.4 Å². The van der Waals surface area contributed by atoms with Crippen LogP contribution in [0, 0.1) is 0 Å². The average molecular weight is 345 g/mol. The molecule has 2 aromatic rings. The van der Waals surface area contributed by atoms with Crippen molar-refractivity contribution in [3.05, 3.63) is 64.2 Å². The van der Waals surface area contributed by atoms with Crippen LogP contribution in [-0.2, 0) is 6.42 Å². The number of carbonyl (C=O) groups is 1. The van der Waals surface area contributed by atoms with E-state index in [9.17, 15) is 9.90 Å². The number of hydrogen-bond acceptors (Lipinski definition) is 2. The van der Waals surface area contributed by atoms with Gasteiger partial charge in [0.2, 0.25) is 0 Å². The van der Waals surface area contributed by atoms with Crippen LogP contribution in [0.5, 0.6) is 5.75 Å². The minimum Gasteiger partial charge on any atom is -0.507 e. The number of ketones is 1. The van der Waals surface area contributed by atoms with Crippen LogP contribution in [0.1, 0.15) is 66.9 Å². The molecule has 128 valence electrons. The Hall–Kier alpha value is -1.80. The molecule has 0 aliphatic heterocycles. The molecule has 0 saturated carbocycles. The Kier molecular flexibility index (Phi) is 7.33. The van der Waals surface area contributed by atoms with Crippen molar-refractivity contribution in [1.29, 1.82) is 0 Å². The van der Waals surface area contributed by atoms with Crippen LogP contribution in [0.4, 0.5) is 0 Å². The first-order valence-corrected chi connectivity index (χ1v) is 9.11. The van der Waals surface area contributed by atoms with E-state index in [1.54, 1.807) is 30.3 Å². The molecular weight excluding hydrogens is 320 g/mol. The van der Waals surface area contributed by atoms with E-state index >= 15 is 0 Å². The summed E-state index contributed by atoms with van der Waals surface area (Å²) in [5.74, 6) is -0.143. The second-order valence-electron chi connectivity index (χ2n) is 6.21. The highest BCUT2D eigenvalue weighted by atomic mass is 35.5. The molecule has 2 rings (SSSR count). The van der Waals surface area contributed by atoms with Gasteiger partial charge in [0, 0.05) is 10.6 Å². The molecular formula is C21H25ClO2. The molecule has 0 aliphatic carbocycles. The lowest BCUT2D eigenvalue weighted by atomic mass is 9.98. The van der Waals surface area contributed by atoms with Crippen molar-refractivity contribution in [2.45, 2.75) is 51.9 Å². The number of aryl methyl sites for hydroxylation is 1. The number of rotatable bonds is 9. The smallest absolute Gasteiger partial charge is 0.196 e. The van der Waals surface area contributed by atoms with Crippen LogP contribution in [0.15, 0.2) is 42.5 Å². The number of benzene rings is 2. The summed E-state index contributed by atoms with van der Waals surface area (Å²) >= 11 is 5.86. The van der Waals surface area contributed by atoms with Gasteiger partial charge in [0.1, 0.15) is 5.75 Å². The Morgan fingerprint density at radius 1 is 0.958 bits per heavy atom. The SMILES string of the molecule is CCCCCCCCc1ccc(O)c(C(=O)c2ccc(Cl)cc2)c1. The maximum atomic E-state index is 12.6. The minimum atomic E-state index is -0.172. The Morgan fingerprint density at radius 3 is 2.33 bits per heavy atom. The monoisotopic (exact) mass is 344 g/mol. The minimum absolute atomic E-state index is 0.0293. The summed E-state index contributed by atoms with van der Waals surface area (Å²) in [7, 11) is 0. The van der Waals surface area contributed by atoms with Gasteiger partial charge in [-0.1, -0.05) is 56.7 Å². The van der Waals surface area contributed by atoms with Crippen molar-refractivity contribution in [1.82, 2.24) is 0 Å². The van der Waals surface area contributed by atoms with Crippen LogP contribution in [0.25, 0.3) is 0 Å². The van der Waals surface area contributed by atoms with E-state index in [1.807, 2.05) is 12.1 Å². The van der Waals surface area contributed by atoms with Crippen molar-refractivity contribution in [3.8, 4) is 5.75 Å². The zero-order chi connectivity index (χ0) is 17.4. The topological polar surface area (TPSA) is 37.3 Å². The molecule has 0 aromatic heterocycles. The molecule has 0 spiro atoms. The predicted molar refractivity (Wildman–Crippen MR) is 100 cm³/mol. The molecule has 1 N–H and O–H groups in total. The van der Waals surface area contributed by atoms with Crippen LogP contribution < -0.4 is 0 Å². The predicted octanol–water partition coefficient (Wildman–Crippen LogP) is 6.18. The zero-order valence-electron chi connectivity index (χ0n) is 14.2. The van der Waals surface area contributed by atoms with E-state index in [1.165, 1.54) is 32.1 Å². The highest BCUT2D eigenvalue weighted by Crippen LogP contribution is 2.24. The second kappa shape index (κ2) is 9.48. The molecule has 2 nitrogen and oxygen atoms in total. The lowest BCUT2D eigenvalue weighted by Gasteiger charge is -2.08. The molecule has 0 amide bonds. The highest BCUT2D eigenvalue weighted by molar-refractivity contribution is 6.30. The Morgan fingerprint density at radius 2 is 1.62 bits per heavy atom. The normalized spacial score (nSPS) is 10.8. The van der Waals surface area contributed by atoms with Crippen molar-refractivity contribution in [2.24, 2.45) is 0 Å². The van der Waals surface area contributed by atoms with Crippen molar-refractivity contribution in [3.63, 3.8) is 0 Å². The van der Waals surface area contributed by atoms with Gasteiger partial charge in [-0.25, -0.2) is 0 Å². The highest BCUT2D eigenvalue weighted by Gasteiger charge is 2.14. The molecule has 3 heteroatoms. The summed E-state index contributed by atoms with van der Waals surface area (Å²) in [6, 6.07) is 12.1. The quantitative estimate of drug-likeness (QED) is 0.435. The van der Waals surface area contributed by atoms with Gasteiger partial charge in [0.15, 0.2) is 5.78 Å². The van der Waals surface area contributed by atoms with E-state index in [0.717, 1.165) is 18.4 Å². The second-order valence-corrected chi connectivity index (χ2v) is 6.64. The van der Waals surface area contributed by atoms with Crippen LogP contribution in [0.3, 0.4) is 0 Å². The number of carbonyl (C=O) groups excluding carboxylic acids is 1. The molecule has 0 atom stereocenters. The number of phenols is 1. The van der Waals surface area contributed by atoms with Crippen LogP contribution in [0.2, 0.25) is 5.02 Å². The maximum Gasteiger partial charge on any atom is 0.196 e. The van der Waals surface area contributed by atoms with E-state index in [0.29, 0.717) is 16.1 Å². The van der Waals surface area contributed by atoms with Crippen molar-refractivity contribution in [2.75, 3.05) is 0 Å². The summed E-state index contributed by atoms with van der Waals surface area (Å²) in [4.78, 5) is 12.6. The lowest BCUT2D eigenvalue weighted by molar-refractivity contribution is 0.103. The Labute approximate surface area is 149 Å². The van der Waals surface area contributed by atoms with E-state index in [4.69, 9.17) is 11.6 Å². The molecule has 0 aliphatic rings.